The molecule has 4 nitrogen and oxygen atoms in total. The van der Waals surface area contributed by atoms with Gasteiger partial charge in [0.15, 0.2) is 0 Å². The van der Waals surface area contributed by atoms with E-state index in [0.717, 1.165) is 23.3 Å². The lowest BCUT2D eigenvalue weighted by Gasteiger charge is -2.19. The first-order valence-electron chi connectivity index (χ1n) is 7.90. The van der Waals surface area contributed by atoms with Gasteiger partial charge in [0.1, 0.15) is 0 Å². The molecule has 0 unspecified atom stereocenters. The fourth-order valence-corrected chi connectivity index (χ4v) is 3.43. The van der Waals surface area contributed by atoms with Gasteiger partial charge in [-0.05, 0) is 42.7 Å². The lowest BCUT2D eigenvalue weighted by Crippen LogP contribution is -2.26. The Kier molecular flexibility index (Phi) is 3.86. The van der Waals surface area contributed by atoms with Crippen molar-refractivity contribution in [3.8, 4) is 0 Å². The highest BCUT2D eigenvalue weighted by Crippen LogP contribution is 2.39. The minimum Gasteiger partial charge on any atom is -0.349 e. The molecule has 2 amide bonds. The Bertz CT molecular complexity index is 842. The van der Waals surface area contributed by atoms with Crippen LogP contribution in [0.3, 0.4) is 0 Å². The summed E-state index contributed by atoms with van der Waals surface area (Å²) >= 11 is 1.42. The smallest absolute Gasteiger partial charge is 0.262 e. The Morgan fingerprint density at radius 3 is 2.71 bits per heavy atom. The van der Waals surface area contributed by atoms with Crippen molar-refractivity contribution in [2.24, 2.45) is 0 Å². The van der Waals surface area contributed by atoms with E-state index in [2.05, 4.69) is 10.6 Å². The number of hydrogen-bond acceptors (Lipinski definition) is 3. The molecule has 1 saturated carbocycles. The van der Waals surface area contributed by atoms with Crippen LogP contribution in [0.5, 0.6) is 0 Å². The molecule has 2 aromatic carbocycles. The number of hydrogen-bond donors (Lipinski definition) is 2. The van der Waals surface area contributed by atoms with Gasteiger partial charge in [-0.1, -0.05) is 42.1 Å². The Hall–Kier alpha value is -2.53. The Morgan fingerprint density at radius 2 is 1.96 bits per heavy atom. The zero-order valence-corrected chi connectivity index (χ0v) is 13.7. The highest BCUT2D eigenvalue weighted by Gasteiger charge is 2.25. The molecule has 0 saturated heterocycles. The first-order valence-corrected chi connectivity index (χ1v) is 8.71. The van der Waals surface area contributed by atoms with E-state index >= 15 is 0 Å². The van der Waals surface area contributed by atoms with Crippen LogP contribution in [-0.2, 0) is 4.79 Å². The van der Waals surface area contributed by atoms with Gasteiger partial charge in [-0.15, -0.1) is 0 Å². The Labute approximate surface area is 144 Å². The number of rotatable bonds is 3. The maximum atomic E-state index is 12.3. The topological polar surface area (TPSA) is 58.2 Å². The van der Waals surface area contributed by atoms with E-state index in [4.69, 9.17) is 0 Å². The van der Waals surface area contributed by atoms with Crippen molar-refractivity contribution in [1.29, 1.82) is 0 Å². The minimum absolute atomic E-state index is 0.0785. The lowest BCUT2D eigenvalue weighted by molar-refractivity contribution is -0.112. The summed E-state index contributed by atoms with van der Waals surface area (Å²) in [5.41, 5.74) is 2.26. The van der Waals surface area contributed by atoms with Gasteiger partial charge in [-0.2, -0.15) is 0 Å². The van der Waals surface area contributed by atoms with Crippen LogP contribution in [0.4, 0.5) is 5.69 Å². The van der Waals surface area contributed by atoms with Crippen molar-refractivity contribution in [2.45, 2.75) is 23.8 Å². The van der Waals surface area contributed by atoms with Crippen molar-refractivity contribution in [3.63, 3.8) is 0 Å². The van der Waals surface area contributed by atoms with Gasteiger partial charge in [0.2, 0.25) is 0 Å². The Morgan fingerprint density at radius 1 is 1.17 bits per heavy atom. The fourth-order valence-electron chi connectivity index (χ4n) is 2.50. The largest absolute Gasteiger partial charge is 0.349 e. The van der Waals surface area contributed by atoms with Crippen LogP contribution in [0.25, 0.3) is 6.08 Å². The van der Waals surface area contributed by atoms with Gasteiger partial charge < -0.3 is 10.6 Å². The number of anilines is 1. The third-order valence-corrected chi connectivity index (χ3v) is 5.04. The van der Waals surface area contributed by atoms with E-state index in [9.17, 15) is 9.59 Å². The number of amides is 2. The molecule has 24 heavy (non-hydrogen) atoms. The SMILES string of the molecule is O=C1Nc2cc(C(=O)NC3CC3)ccc2S/C1=C\c1ccccc1. The molecule has 2 aliphatic rings. The quantitative estimate of drug-likeness (QED) is 0.841. The molecular formula is C19H16N2O2S. The average molecular weight is 336 g/mol. The standard InChI is InChI=1S/C19H16N2O2S/c22-18(20-14-7-8-14)13-6-9-16-15(11-13)21-19(23)17(24-16)10-12-4-2-1-3-5-12/h1-6,9-11,14H,7-8H2,(H,20,22)(H,21,23)/b17-10-. The molecule has 4 rings (SSSR count). The molecule has 5 heteroatoms. The molecule has 1 aliphatic heterocycles. The maximum Gasteiger partial charge on any atom is 0.262 e. The zero-order valence-electron chi connectivity index (χ0n) is 12.9. The van der Waals surface area contributed by atoms with Gasteiger partial charge in [0.05, 0.1) is 10.6 Å². The van der Waals surface area contributed by atoms with Gasteiger partial charge >= 0.3 is 0 Å². The molecule has 0 bridgehead atoms. The minimum atomic E-state index is -0.142. The monoisotopic (exact) mass is 336 g/mol. The first kappa shape index (κ1) is 15.0. The third kappa shape index (κ3) is 3.21. The van der Waals surface area contributed by atoms with Gasteiger partial charge in [-0.25, -0.2) is 0 Å². The van der Waals surface area contributed by atoms with Crippen LogP contribution >= 0.6 is 11.8 Å². The van der Waals surface area contributed by atoms with Crippen LogP contribution in [0.2, 0.25) is 0 Å². The summed E-state index contributed by atoms with van der Waals surface area (Å²) in [6.45, 7) is 0. The van der Waals surface area contributed by atoms with E-state index in [0.29, 0.717) is 22.2 Å². The molecule has 0 atom stereocenters. The maximum absolute atomic E-state index is 12.3. The van der Waals surface area contributed by atoms with Crippen LogP contribution in [0, 0.1) is 0 Å². The molecule has 1 fully saturated rings. The normalized spacial score (nSPS) is 18.0. The van der Waals surface area contributed by atoms with Crippen LogP contribution in [0.1, 0.15) is 28.8 Å². The summed E-state index contributed by atoms with van der Waals surface area (Å²) in [7, 11) is 0. The number of thioether (sulfide) groups is 1. The molecule has 1 heterocycles. The second-order valence-electron chi connectivity index (χ2n) is 5.93. The van der Waals surface area contributed by atoms with E-state index < -0.39 is 0 Å². The van der Waals surface area contributed by atoms with Crippen molar-refractivity contribution in [2.75, 3.05) is 5.32 Å². The highest BCUT2D eigenvalue weighted by molar-refractivity contribution is 8.04. The van der Waals surface area contributed by atoms with Gasteiger partial charge in [-0.3, -0.25) is 9.59 Å². The zero-order chi connectivity index (χ0) is 16.5. The molecule has 2 N–H and O–H groups in total. The van der Waals surface area contributed by atoms with Crippen LogP contribution in [-0.4, -0.2) is 17.9 Å². The second-order valence-corrected chi connectivity index (χ2v) is 7.02. The predicted octanol–water partition coefficient (Wildman–Crippen LogP) is 3.66. The molecule has 2 aromatic rings. The summed E-state index contributed by atoms with van der Waals surface area (Å²) in [6, 6.07) is 15.5. The van der Waals surface area contributed by atoms with Crippen molar-refractivity contribution >= 4 is 35.3 Å². The van der Waals surface area contributed by atoms with Crippen molar-refractivity contribution in [1.82, 2.24) is 5.32 Å². The third-order valence-electron chi connectivity index (χ3n) is 3.94. The predicted molar refractivity (Wildman–Crippen MR) is 95.8 cm³/mol. The summed E-state index contributed by atoms with van der Waals surface area (Å²) in [5, 5.41) is 5.85. The lowest BCUT2D eigenvalue weighted by atomic mass is 10.1. The highest BCUT2D eigenvalue weighted by atomic mass is 32.2. The van der Waals surface area contributed by atoms with E-state index in [-0.39, 0.29) is 11.8 Å². The van der Waals surface area contributed by atoms with Crippen molar-refractivity contribution < 1.29 is 9.59 Å². The summed E-state index contributed by atoms with van der Waals surface area (Å²) < 4.78 is 0. The number of fused-ring (bicyclic) bond motifs is 1. The summed E-state index contributed by atoms with van der Waals surface area (Å²) in [6.07, 6.45) is 3.98. The number of nitrogens with one attached hydrogen (secondary N) is 2. The number of carbonyl (C=O) groups is 2. The summed E-state index contributed by atoms with van der Waals surface area (Å²) in [4.78, 5) is 26.0. The van der Waals surface area contributed by atoms with E-state index in [1.165, 1.54) is 11.8 Å². The van der Waals surface area contributed by atoms with Crippen LogP contribution in [0.15, 0.2) is 58.3 Å². The molecule has 1 aliphatic carbocycles. The molecule has 0 aromatic heterocycles. The van der Waals surface area contributed by atoms with Gasteiger partial charge in [0.25, 0.3) is 11.8 Å². The summed E-state index contributed by atoms with van der Waals surface area (Å²) in [5.74, 6) is -0.221. The second kappa shape index (κ2) is 6.17. The fraction of sp³-hybridized carbons (Fsp3) is 0.158. The first-order chi connectivity index (χ1) is 11.7. The van der Waals surface area contributed by atoms with Gasteiger partial charge in [0, 0.05) is 16.5 Å². The Balaban J connectivity index is 1.58. The number of carbonyl (C=O) groups excluding carboxylic acids is 2. The number of benzene rings is 2. The molecule has 120 valence electrons. The van der Waals surface area contributed by atoms with Crippen molar-refractivity contribution in [3.05, 3.63) is 64.6 Å². The average Bonchev–Trinajstić information content (AvgIpc) is 3.40. The molecule has 0 radical (unpaired) electrons. The van der Waals surface area contributed by atoms with E-state index in [1.54, 1.807) is 12.1 Å². The molecule has 0 spiro atoms. The van der Waals surface area contributed by atoms with Crippen LogP contribution < -0.4 is 10.6 Å². The molecular weight excluding hydrogens is 320 g/mol. The van der Waals surface area contributed by atoms with E-state index in [1.807, 2.05) is 42.5 Å².